The van der Waals surface area contributed by atoms with Crippen LogP contribution in [-0.4, -0.2) is 78.3 Å². The predicted molar refractivity (Wildman–Crippen MR) is 152 cm³/mol. The molecule has 2 aliphatic rings. The van der Waals surface area contributed by atoms with E-state index in [0.717, 1.165) is 50.5 Å². The van der Waals surface area contributed by atoms with Crippen molar-refractivity contribution in [1.82, 2.24) is 25.2 Å². The van der Waals surface area contributed by atoms with E-state index in [-0.39, 0.29) is 30.5 Å². The maximum atomic E-state index is 14.3. The number of aromatic nitrogens is 3. The van der Waals surface area contributed by atoms with Crippen LogP contribution in [0.2, 0.25) is 0 Å². The first-order chi connectivity index (χ1) is 20.0. The van der Waals surface area contributed by atoms with Gasteiger partial charge >= 0.3 is 0 Å². The van der Waals surface area contributed by atoms with Gasteiger partial charge in [0.2, 0.25) is 17.6 Å². The minimum atomic E-state index is -0.935. The molecule has 2 unspecified atom stereocenters. The summed E-state index contributed by atoms with van der Waals surface area (Å²) in [6, 6.07) is 9.98. The third kappa shape index (κ3) is 6.24. The summed E-state index contributed by atoms with van der Waals surface area (Å²) in [5.41, 5.74) is 2.04. The Kier molecular flexibility index (Phi) is 9.23. The molecular formula is C30H39N5O6. The molecule has 2 aromatic carbocycles. The summed E-state index contributed by atoms with van der Waals surface area (Å²) in [5.74, 6) is 0.756. The van der Waals surface area contributed by atoms with Gasteiger partial charge in [0.1, 0.15) is 18.1 Å². The molecule has 1 saturated heterocycles. The van der Waals surface area contributed by atoms with Crippen LogP contribution in [0.25, 0.3) is 11.0 Å². The van der Waals surface area contributed by atoms with E-state index in [2.05, 4.69) is 15.6 Å². The Labute approximate surface area is 240 Å². The molecule has 1 aliphatic heterocycles. The van der Waals surface area contributed by atoms with Crippen molar-refractivity contribution in [2.75, 3.05) is 34.5 Å². The second-order valence-electron chi connectivity index (χ2n) is 10.6. The van der Waals surface area contributed by atoms with E-state index in [0.29, 0.717) is 41.5 Å². The molecule has 41 heavy (non-hydrogen) atoms. The van der Waals surface area contributed by atoms with Crippen molar-refractivity contribution in [3.8, 4) is 17.2 Å². The lowest BCUT2D eigenvalue weighted by Crippen LogP contribution is -2.51. The van der Waals surface area contributed by atoms with Gasteiger partial charge in [-0.1, -0.05) is 36.6 Å². The molecule has 1 aliphatic carbocycles. The van der Waals surface area contributed by atoms with Crippen molar-refractivity contribution < 1.29 is 28.5 Å². The van der Waals surface area contributed by atoms with Crippen molar-refractivity contribution in [3.63, 3.8) is 0 Å². The molecule has 3 aromatic rings. The van der Waals surface area contributed by atoms with Crippen molar-refractivity contribution in [2.24, 2.45) is 0 Å². The van der Waals surface area contributed by atoms with Gasteiger partial charge in [0.15, 0.2) is 11.5 Å². The first kappa shape index (κ1) is 28.7. The van der Waals surface area contributed by atoms with Crippen molar-refractivity contribution in [2.45, 2.75) is 69.7 Å². The van der Waals surface area contributed by atoms with Gasteiger partial charge in [-0.15, -0.1) is 5.10 Å². The van der Waals surface area contributed by atoms with E-state index >= 15 is 0 Å². The summed E-state index contributed by atoms with van der Waals surface area (Å²) in [4.78, 5) is 30.2. The zero-order valence-corrected chi connectivity index (χ0v) is 24.0. The maximum absolute atomic E-state index is 14.3. The highest BCUT2D eigenvalue weighted by Crippen LogP contribution is 2.42. The van der Waals surface area contributed by atoms with Gasteiger partial charge in [0.05, 0.1) is 33.0 Å². The number of methoxy groups -OCH3 is 3. The van der Waals surface area contributed by atoms with Crippen LogP contribution >= 0.6 is 0 Å². The lowest BCUT2D eigenvalue weighted by molar-refractivity contribution is -0.145. The molecule has 0 spiro atoms. The van der Waals surface area contributed by atoms with E-state index in [4.69, 9.17) is 18.9 Å². The number of benzene rings is 2. The van der Waals surface area contributed by atoms with Crippen molar-refractivity contribution in [3.05, 3.63) is 42.0 Å². The summed E-state index contributed by atoms with van der Waals surface area (Å²) < 4.78 is 24.2. The number of para-hydroxylation sites is 1. The fraction of sp³-hybridized carbons (Fsp3) is 0.533. The molecule has 0 radical (unpaired) electrons. The zero-order valence-electron chi connectivity index (χ0n) is 24.0. The number of nitrogens with zero attached hydrogens (tertiary/aromatic N) is 4. The van der Waals surface area contributed by atoms with Crippen LogP contribution in [0.5, 0.6) is 17.2 Å². The summed E-state index contributed by atoms with van der Waals surface area (Å²) in [6.45, 7) is 1.02. The van der Waals surface area contributed by atoms with Crippen LogP contribution in [0, 0.1) is 0 Å². The Morgan fingerprint density at radius 1 is 1.02 bits per heavy atom. The Morgan fingerprint density at radius 3 is 2.41 bits per heavy atom. The van der Waals surface area contributed by atoms with Crippen LogP contribution in [0.4, 0.5) is 0 Å². The van der Waals surface area contributed by atoms with Crippen molar-refractivity contribution in [1.29, 1.82) is 0 Å². The molecule has 2 fully saturated rings. The average Bonchev–Trinajstić information content (AvgIpc) is 3.68. The largest absolute Gasteiger partial charge is 0.493 e. The Balaban J connectivity index is 1.56. The number of hydrogen-bond acceptors (Lipinski definition) is 8. The molecular weight excluding hydrogens is 526 g/mol. The monoisotopic (exact) mass is 565 g/mol. The maximum Gasteiger partial charge on any atom is 0.247 e. The highest BCUT2D eigenvalue weighted by atomic mass is 16.5. The third-order valence-corrected chi connectivity index (χ3v) is 8.02. The summed E-state index contributed by atoms with van der Waals surface area (Å²) in [6.07, 6.45) is 6.51. The number of amides is 2. The quantitative estimate of drug-likeness (QED) is 0.375. The van der Waals surface area contributed by atoms with E-state index in [1.165, 1.54) is 21.3 Å². The summed E-state index contributed by atoms with van der Waals surface area (Å²) in [7, 11) is 4.60. The van der Waals surface area contributed by atoms with Crippen LogP contribution in [0.1, 0.15) is 56.6 Å². The fourth-order valence-electron chi connectivity index (χ4n) is 5.98. The molecule has 2 atom stereocenters. The lowest BCUT2D eigenvalue weighted by Gasteiger charge is -2.40. The predicted octanol–water partition coefficient (Wildman–Crippen LogP) is 3.65. The molecule has 220 valence electrons. The number of fused-ring (bicyclic) bond motifs is 1. The number of carbonyl (C=O) groups excluding carboxylic acids is 2. The van der Waals surface area contributed by atoms with E-state index < -0.39 is 6.04 Å². The van der Waals surface area contributed by atoms with Gasteiger partial charge in [-0.05, 0) is 55.5 Å². The Hall–Kier alpha value is -3.86. The number of carbonyl (C=O) groups is 2. The number of ether oxygens (including phenoxy) is 4. The van der Waals surface area contributed by atoms with Gasteiger partial charge in [0.25, 0.3) is 0 Å². The molecule has 2 heterocycles. The smallest absolute Gasteiger partial charge is 0.247 e. The zero-order chi connectivity index (χ0) is 28.8. The molecule has 1 saturated carbocycles. The van der Waals surface area contributed by atoms with Gasteiger partial charge in [-0.2, -0.15) is 0 Å². The number of hydrogen-bond donors (Lipinski definition) is 1. The second-order valence-corrected chi connectivity index (χ2v) is 10.6. The summed E-state index contributed by atoms with van der Waals surface area (Å²) >= 11 is 0. The fourth-order valence-corrected chi connectivity index (χ4v) is 5.98. The number of rotatable bonds is 11. The SMILES string of the molecule is COc1cc(C(C(=O)NCC2CCCO2)N(C(=O)Cn2nnc3ccccc32)C2CCCCC2)cc(OC)c1OC. The lowest BCUT2D eigenvalue weighted by atomic mass is 9.91. The molecule has 5 rings (SSSR count). The van der Waals surface area contributed by atoms with Crippen LogP contribution in [0.15, 0.2) is 36.4 Å². The summed E-state index contributed by atoms with van der Waals surface area (Å²) in [5, 5.41) is 11.6. The van der Waals surface area contributed by atoms with Gasteiger partial charge in [0, 0.05) is 19.2 Å². The highest BCUT2D eigenvalue weighted by molar-refractivity contribution is 5.90. The second kappa shape index (κ2) is 13.2. The molecule has 1 N–H and O–H groups in total. The van der Waals surface area contributed by atoms with E-state index in [1.54, 1.807) is 21.7 Å². The van der Waals surface area contributed by atoms with Crippen molar-refractivity contribution >= 4 is 22.8 Å². The topological polar surface area (TPSA) is 117 Å². The first-order valence-corrected chi connectivity index (χ1v) is 14.3. The normalized spacial score (nSPS) is 18.2. The average molecular weight is 566 g/mol. The van der Waals surface area contributed by atoms with Gasteiger partial charge < -0.3 is 29.2 Å². The van der Waals surface area contributed by atoms with Crippen LogP contribution in [0.3, 0.4) is 0 Å². The first-order valence-electron chi connectivity index (χ1n) is 14.3. The van der Waals surface area contributed by atoms with Gasteiger partial charge in [-0.25, -0.2) is 4.68 Å². The van der Waals surface area contributed by atoms with Gasteiger partial charge in [-0.3, -0.25) is 9.59 Å². The molecule has 2 amide bonds. The van der Waals surface area contributed by atoms with E-state index in [9.17, 15) is 9.59 Å². The molecule has 11 heteroatoms. The minimum absolute atomic E-state index is 0.0418. The molecule has 1 aromatic heterocycles. The van der Waals surface area contributed by atoms with Crippen LogP contribution in [-0.2, 0) is 20.9 Å². The Morgan fingerprint density at radius 2 is 1.76 bits per heavy atom. The Bertz CT molecular complexity index is 1320. The standard InChI is InChI=1S/C30H39N5O6/c1-38-25-16-20(17-26(39-2)29(25)40-3)28(30(37)31-18-22-12-9-15-41-22)35(21-10-5-4-6-11-21)27(36)19-34-24-14-8-7-13-23(24)32-33-34/h7-8,13-14,16-17,21-22,28H,4-6,9-12,15,18-19H2,1-3H3,(H,31,37). The number of nitrogens with one attached hydrogen (secondary N) is 1. The molecule has 11 nitrogen and oxygen atoms in total. The molecule has 0 bridgehead atoms. The van der Waals surface area contributed by atoms with E-state index in [1.807, 2.05) is 24.3 Å². The minimum Gasteiger partial charge on any atom is -0.493 e. The highest BCUT2D eigenvalue weighted by Gasteiger charge is 2.38. The van der Waals surface area contributed by atoms with Crippen LogP contribution < -0.4 is 19.5 Å². The third-order valence-electron chi connectivity index (χ3n) is 8.02.